The fraction of sp³-hybridized carbons (Fsp3) is 0.429. The second-order valence-corrected chi connectivity index (χ2v) is 5.20. The number of carbonyl (C=O) groups is 1. The number of nitrogens with zero attached hydrogens (tertiary/aromatic N) is 4. The van der Waals surface area contributed by atoms with Gasteiger partial charge in [0.1, 0.15) is 5.75 Å². The van der Waals surface area contributed by atoms with Crippen molar-refractivity contribution in [3.8, 4) is 5.75 Å². The van der Waals surface area contributed by atoms with Crippen molar-refractivity contribution in [1.29, 1.82) is 0 Å². The lowest BCUT2D eigenvalue weighted by Crippen LogP contribution is -2.10. The van der Waals surface area contributed by atoms with Crippen molar-refractivity contribution in [2.24, 2.45) is 0 Å². The molecule has 1 fully saturated rings. The lowest BCUT2D eigenvalue weighted by Gasteiger charge is -2.08. The molecular weight excluding hydrogens is 272 g/mol. The molecule has 0 amide bonds. The van der Waals surface area contributed by atoms with Gasteiger partial charge in [-0.25, -0.2) is 9.48 Å². The van der Waals surface area contributed by atoms with Gasteiger partial charge in [-0.1, -0.05) is 5.21 Å². The first kappa shape index (κ1) is 13.5. The average molecular weight is 288 g/mol. The fourth-order valence-electron chi connectivity index (χ4n) is 2.41. The van der Waals surface area contributed by atoms with E-state index in [0.29, 0.717) is 12.2 Å². The lowest BCUT2D eigenvalue weighted by molar-refractivity contribution is 0.0689. The maximum Gasteiger partial charge on any atom is 0.358 e. The van der Waals surface area contributed by atoms with Crippen molar-refractivity contribution in [3.63, 3.8) is 0 Å². The largest absolute Gasteiger partial charge is 0.497 e. The molecule has 1 N–H and O–H groups in total. The molecule has 0 bridgehead atoms. The summed E-state index contributed by atoms with van der Waals surface area (Å²) < 4.78 is 6.87. The van der Waals surface area contributed by atoms with Crippen LogP contribution in [0.1, 0.15) is 46.3 Å². The van der Waals surface area contributed by atoms with Crippen molar-refractivity contribution < 1.29 is 14.6 Å². The van der Waals surface area contributed by atoms with Crippen LogP contribution in [0.2, 0.25) is 0 Å². The number of carboxylic acids is 1. The second kappa shape index (κ2) is 5.16. The molecule has 7 nitrogen and oxygen atoms in total. The molecule has 1 aliphatic rings. The second-order valence-electron chi connectivity index (χ2n) is 5.20. The van der Waals surface area contributed by atoms with E-state index in [1.54, 1.807) is 11.8 Å². The Balaban J connectivity index is 1.95. The molecular formula is C14H16N4O3. The summed E-state index contributed by atoms with van der Waals surface area (Å²) in [5.74, 6) is -0.0558. The van der Waals surface area contributed by atoms with Crippen LogP contribution in [0, 0.1) is 6.92 Å². The first-order valence-electron chi connectivity index (χ1n) is 6.76. The van der Waals surface area contributed by atoms with E-state index < -0.39 is 5.97 Å². The predicted molar refractivity (Wildman–Crippen MR) is 73.6 cm³/mol. The van der Waals surface area contributed by atoms with Gasteiger partial charge in [0.05, 0.1) is 25.0 Å². The van der Waals surface area contributed by atoms with Crippen LogP contribution in [-0.4, -0.2) is 38.2 Å². The summed E-state index contributed by atoms with van der Waals surface area (Å²) in [7, 11) is 1.60. The highest BCUT2D eigenvalue weighted by atomic mass is 16.5. The molecule has 2 aromatic rings. The minimum absolute atomic E-state index is 0.0529. The maximum absolute atomic E-state index is 11.2. The van der Waals surface area contributed by atoms with Gasteiger partial charge in [-0.05, 0) is 19.8 Å². The maximum atomic E-state index is 11.2. The van der Waals surface area contributed by atoms with Crippen LogP contribution in [0.4, 0.5) is 0 Å². The summed E-state index contributed by atoms with van der Waals surface area (Å²) in [5.41, 5.74) is 2.37. The molecule has 0 radical (unpaired) electrons. The van der Waals surface area contributed by atoms with Crippen LogP contribution in [0.3, 0.4) is 0 Å². The number of carboxylic acid groups (broad SMARTS) is 1. The van der Waals surface area contributed by atoms with Gasteiger partial charge in [-0.3, -0.25) is 4.98 Å². The number of rotatable bonds is 5. The van der Waals surface area contributed by atoms with E-state index in [-0.39, 0.29) is 11.6 Å². The molecule has 2 aromatic heterocycles. The first-order chi connectivity index (χ1) is 10.1. The van der Waals surface area contributed by atoms with Gasteiger partial charge in [-0.2, -0.15) is 0 Å². The van der Waals surface area contributed by atoms with Gasteiger partial charge < -0.3 is 9.84 Å². The minimum atomic E-state index is -1.03. The fourth-order valence-corrected chi connectivity index (χ4v) is 2.41. The Labute approximate surface area is 121 Å². The monoisotopic (exact) mass is 288 g/mol. The molecule has 0 atom stereocenters. The normalized spacial score (nSPS) is 14.2. The highest BCUT2D eigenvalue weighted by Crippen LogP contribution is 2.41. The van der Waals surface area contributed by atoms with Crippen molar-refractivity contribution in [2.75, 3.05) is 7.11 Å². The zero-order valence-electron chi connectivity index (χ0n) is 11.9. The number of hydrogen-bond acceptors (Lipinski definition) is 5. The topological polar surface area (TPSA) is 90.1 Å². The highest BCUT2D eigenvalue weighted by molar-refractivity contribution is 5.86. The SMILES string of the molecule is COc1cc(C)nc(Cn2nnc(C(=O)O)c2C2CC2)c1. The molecule has 0 saturated heterocycles. The molecule has 110 valence electrons. The molecule has 0 unspecified atom stereocenters. The number of pyridine rings is 1. The molecule has 1 aliphatic carbocycles. The van der Waals surface area contributed by atoms with E-state index in [4.69, 9.17) is 4.74 Å². The zero-order valence-corrected chi connectivity index (χ0v) is 11.9. The Morgan fingerprint density at radius 3 is 2.86 bits per heavy atom. The number of aromatic nitrogens is 4. The van der Waals surface area contributed by atoms with Gasteiger partial charge >= 0.3 is 5.97 Å². The molecule has 1 saturated carbocycles. The molecule has 2 heterocycles. The van der Waals surface area contributed by atoms with E-state index in [1.165, 1.54) is 0 Å². The summed E-state index contributed by atoms with van der Waals surface area (Å²) in [5, 5.41) is 17.0. The molecule has 0 aromatic carbocycles. The third-order valence-corrected chi connectivity index (χ3v) is 3.47. The van der Waals surface area contributed by atoms with Crippen LogP contribution in [0.15, 0.2) is 12.1 Å². The number of hydrogen-bond donors (Lipinski definition) is 1. The molecule has 0 spiro atoms. The number of aromatic carboxylic acids is 1. The van der Waals surface area contributed by atoms with E-state index in [9.17, 15) is 9.90 Å². The Morgan fingerprint density at radius 2 is 2.24 bits per heavy atom. The quantitative estimate of drug-likeness (QED) is 0.899. The van der Waals surface area contributed by atoms with Gasteiger partial charge in [0.2, 0.25) is 0 Å². The Bertz CT molecular complexity index is 692. The summed E-state index contributed by atoms with van der Waals surface area (Å²) in [6, 6.07) is 3.67. The van der Waals surface area contributed by atoms with Crippen molar-refractivity contribution in [1.82, 2.24) is 20.0 Å². The summed E-state index contributed by atoms with van der Waals surface area (Å²) in [6.07, 6.45) is 1.97. The molecule has 0 aliphatic heterocycles. The smallest absolute Gasteiger partial charge is 0.358 e. The molecule has 7 heteroatoms. The zero-order chi connectivity index (χ0) is 15.0. The van der Waals surface area contributed by atoms with E-state index >= 15 is 0 Å². The van der Waals surface area contributed by atoms with Crippen LogP contribution in [-0.2, 0) is 6.54 Å². The van der Waals surface area contributed by atoms with Crippen LogP contribution in [0.5, 0.6) is 5.75 Å². The number of ether oxygens (including phenoxy) is 1. The standard InChI is InChI=1S/C14H16N4O3/c1-8-5-11(21-2)6-10(15-8)7-18-13(9-3-4-9)12(14(19)20)16-17-18/h5-6,9H,3-4,7H2,1-2H3,(H,19,20). The van der Waals surface area contributed by atoms with E-state index in [0.717, 1.165) is 30.0 Å². The van der Waals surface area contributed by atoms with Crippen LogP contribution < -0.4 is 4.74 Å². The predicted octanol–water partition coefficient (Wildman–Crippen LogP) is 1.61. The van der Waals surface area contributed by atoms with Crippen molar-refractivity contribution in [3.05, 3.63) is 34.9 Å². The van der Waals surface area contributed by atoms with Crippen LogP contribution >= 0.6 is 0 Å². The lowest BCUT2D eigenvalue weighted by atomic mass is 10.2. The van der Waals surface area contributed by atoms with E-state index in [1.807, 2.05) is 19.1 Å². The van der Waals surface area contributed by atoms with Gasteiger partial charge in [0.25, 0.3) is 0 Å². The summed E-state index contributed by atoms with van der Waals surface area (Å²) in [4.78, 5) is 15.7. The van der Waals surface area contributed by atoms with Crippen molar-refractivity contribution in [2.45, 2.75) is 32.2 Å². The third kappa shape index (κ3) is 2.72. The van der Waals surface area contributed by atoms with Crippen LogP contribution in [0.25, 0.3) is 0 Å². The number of aryl methyl sites for hydroxylation is 1. The van der Waals surface area contributed by atoms with Crippen molar-refractivity contribution >= 4 is 5.97 Å². The minimum Gasteiger partial charge on any atom is -0.497 e. The Hall–Kier alpha value is -2.44. The summed E-state index contributed by atoms with van der Waals surface area (Å²) >= 11 is 0. The molecule has 3 rings (SSSR count). The average Bonchev–Trinajstić information content (AvgIpc) is 3.19. The Kier molecular flexibility index (Phi) is 3.32. The highest BCUT2D eigenvalue weighted by Gasteiger charge is 2.33. The van der Waals surface area contributed by atoms with Gasteiger partial charge in [0, 0.05) is 23.7 Å². The first-order valence-corrected chi connectivity index (χ1v) is 6.76. The number of methoxy groups -OCH3 is 1. The third-order valence-electron chi connectivity index (χ3n) is 3.47. The summed E-state index contributed by atoms with van der Waals surface area (Å²) in [6.45, 7) is 2.28. The van der Waals surface area contributed by atoms with Gasteiger partial charge in [-0.15, -0.1) is 5.10 Å². The Morgan fingerprint density at radius 1 is 1.48 bits per heavy atom. The molecule has 21 heavy (non-hydrogen) atoms. The van der Waals surface area contributed by atoms with E-state index in [2.05, 4.69) is 15.3 Å². The van der Waals surface area contributed by atoms with Gasteiger partial charge in [0.15, 0.2) is 5.69 Å².